The van der Waals surface area contributed by atoms with Crippen molar-refractivity contribution in [3.63, 3.8) is 0 Å². The molecule has 12 nitrogen and oxygen atoms in total. The number of carbonyl (C=O) groups is 1. The van der Waals surface area contributed by atoms with Gasteiger partial charge in [0.1, 0.15) is 36.0 Å². The normalized spacial score (nSPS) is 21.2. The molecule has 3 aromatic heterocycles. The van der Waals surface area contributed by atoms with Gasteiger partial charge >= 0.3 is 12.0 Å². The molecule has 5 aromatic rings. The minimum atomic E-state index is -0.956. The van der Waals surface area contributed by atoms with E-state index in [1.165, 1.54) is 24.5 Å². The zero-order valence-electron chi connectivity index (χ0n) is 26.5. The number of likely N-dealkylation sites (tertiary alicyclic amines) is 1. The molecule has 0 bridgehead atoms. The molecule has 0 radical (unpaired) electrons. The van der Waals surface area contributed by atoms with E-state index in [1.807, 2.05) is 6.07 Å². The average Bonchev–Trinajstić information content (AvgIpc) is 3.89. The van der Waals surface area contributed by atoms with E-state index in [9.17, 15) is 13.6 Å². The van der Waals surface area contributed by atoms with Crippen molar-refractivity contribution in [2.45, 2.75) is 49.9 Å². The smallest absolute Gasteiger partial charge is 0.344 e. The number of aromatic nitrogens is 5. The van der Waals surface area contributed by atoms with Crippen LogP contribution in [0, 0.1) is 23.0 Å². The van der Waals surface area contributed by atoms with Gasteiger partial charge in [0.2, 0.25) is 0 Å². The van der Waals surface area contributed by atoms with Gasteiger partial charge in [-0.05, 0) is 50.4 Å². The van der Waals surface area contributed by atoms with Crippen LogP contribution < -0.4 is 15.8 Å². The van der Waals surface area contributed by atoms with Gasteiger partial charge in [0.25, 0.3) is 0 Å². The first-order chi connectivity index (χ1) is 24.1. The molecule has 6 heterocycles. The number of nitrogens with zero attached hydrogens (tertiary/aromatic N) is 8. The Morgan fingerprint density at radius 2 is 2.02 bits per heavy atom. The molecule has 8 rings (SSSR count). The van der Waals surface area contributed by atoms with Gasteiger partial charge in [0, 0.05) is 48.6 Å². The summed E-state index contributed by atoms with van der Waals surface area (Å²) in [6, 6.07) is 5.55. The van der Waals surface area contributed by atoms with Crippen molar-refractivity contribution in [3.8, 4) is 23.2 Å². The van der Waals surface area contributed by atoms with Crippen LogP contribution in [0.1, 0.15) is 37.7 Å². The first kappa shape index (κ1) is 32.5. The van der Waals surface area contributed by atoms with Crippen molar-refractivity contribution in [2.75, 3.05) is 43.8 Å². The quantitative estimate of drug-likeness (QED) is 0.214. The van der Waals surface area contributed by atoms with Gasteiger partial charge in [-0.2, -0.15) is 25.0 Å². The minimum absolute atomic E-state index is 0.0216. The van der Waals surface area contributed by atoms with E-state index in [1.54, 1.807) is 11.0 Å². The van der Waals surface area contributed by atoms with Crippen LogP contribution in [-0.4, -0.2) is 91.1 Å². The lowest BCUT2D eigenvalue weighted by atomic mass is 9.95. The lowest BCUT2D eigenvalue weighted by Crippen LogP contribution is -2.44. The number of hydrogen-bond donors (Lipinski definition) is 2. The summed E-state index contributed by atoms with van der Waals surface area (Å²) in [5, 5.41) is 16.9. The molecule has 3 aliphatic heterocycles. The maximum Gasteiger partial charge on any atom is 0.344 e. The average molecular weight is 723 g/mol. The Morgan fingerprint density at radius 1 is 1.20 bits per heavy atom. The van der Waals surface area contributed by atoms with E-state index < -0.39 is 23.3 Å². The minimum Gasteiger partial charge on any atom is -0.461 e. The number of nitrogens with two attached hydrogens (primary N) is 1. The number of piperidine rings is 1. The fraction of sp³-hybridized carbons (Fsp3) is 0.394. The number of halogens is 4. The van der Waals surface area contributed by atoms with E-state index in [0.29, 0.717) is 44.3 Å². The van der Waals surface area contributed by atoms with Crippen molar-refractivity contribution in [1.82, 2.24) is 34.5 Å². The summed E-state index contributed by atoms with van der Waals surface area (Å²) in [5.74, 6) is -1.03. The molecule has 0 aliphatic carbocycles. The third kappa shape index (κ3) is 5.62. The molecule has 3 N–H and O–H groups in total. The highest BCUT2D eigenvalue weighted by Gasteiger charge is 2.49. The van der Waals surface area contributed by atoms with E-state index in [2.05, 4.69) is 30.3 Å². The number of thiazole rings is 1. The van der Waals surface area contributed by atoms with Gasteiger partial charge in [0.05, 0.1) is 38.7 Å². The molecule has 3 saturated heterocycles. The first-order valence-corrected chi connectivity index (χ1v) is 17.4. The summed E-state index contributed by atoms with van der Waals surface area (Å²) in [5.41, 5.74) is 6.04. The molecule has 50 heavy (non-hydrogen) atoms. The number of carbonyl (C=O) groups excluding carboxylic acids is 1. The molecular formula is C33H30ClF3N10O2S. The van der Waals surface area contributed by atoms with E-state index in [0.717, 1.165) is 35.4 Å². The van der Waals surface area contributed by atoms with Gasteiger partial charge in [-0.3, -0.25) is 4.90 Å². The SMILES string of the molecule is N#Cc1cnn(C(=O)N2CCC(Nc3nc(OC[C@@]45CCCN4C[C@H](F)C5)nc4c(F)c(-c5ccc(F)c6sc(N)nc56)c(Cl)cc34)CC2)c1. The van der Waals surface area contributed by atoms with Crippen molar-refractivity contribution < 1.29 is 22.7 Å². The summed E-state index contributed by atoms with van der Waals surface area (Å²) in [6.45, 7) is 2.05. The van der Waals surface area contributed by atoms with Crippen LogP contribution in [0.2, 0.25) is 5.02 Å². The number of hydrogen-bond acceptors (Lipinski definition) is 11. The number of nitrogens with one attached hydrogen (secondary N) is 1. The number of amides is 1. The Kier molecular flexibility index (Phi) is 8.16. The number of ether oxygens (including phenoxy) is 1. The van der Waals surface area contributed by atoms with Crippen molar-refractivity contribution in [1.29, 1.82) is 5.26 Å². The van der Waals surface area contributed by atoms with Crippen LogP contribution in [0.5, 0.6) is 6.01 Å². The molecule has 0 saturated carbocycles. The molecule has 258 valence electrons. The summed E-state index contributed by atoms with van der Waals surface area (Å²) < 4.78 is 53.4. The highest BCUT2D eigenvalue weighted by atomic mass is 35.5. The molecule has 0 spiro atoms. The number of nitrogen functional groups attached to an aromatic ring is 1. The third-order valence-electron chi connectivity index (χ3n) is 9.89. The fourth-order valence-electron chi connectivity index (χ4n) is 7.48. The second-order valence-corrected chi connectivity index (χ2v) is 14.4. The Balaban J connectivity index is 1.14. The van der Waals surface area contributed by atoms with Gasteiger partial charge in [0.15, 0.2) is 10.9 Å². The monoisotopic (exact) mass is 722 g/mol. The van der Waals surface area contributed by atoms with Crippen LogP contribution in [0.4, 0.5) is 28.9 Å². The van der Waals surface area contributed by atoms with Crippen LogP contribution >= 0.6 is 22.9 Å². The molecular weight excluding hydrogens is 693 g/mol. The van der Waals surface area contributed by atoms with Crippen LogP contribution in [0.15, 0.2) is 30.6 Å². The molecule has 2 atom stereocenters. The van der Waals surface area contributed by atoms with Crippen molar-refractivity contribution >= 4 is 61.0 Å². The number of rotatable bonds is 6. The van der Waals surface area contributed by atoms with Crippen molar-refractivity contribution in [3.05, 3.63) is 52.8 Å². The lowest BCUT2D eigenvalue weighted by molar-refractivity contribution is 0.107. The summed E-state index contributed by atoms with van der Waals surface area (Å²) >= 11 is 7.73. The summed E-state index contributed by atoms with van der Waals surface area (Å²) in [6.07, 6.45) is 4.85. The number of anilines is 2. The number of nitriles is 1. The van der Waals surface area contributed by atoms with Crippen LogP contribution in [-0.2, 0) is 0 Å². The van der Waals surface area contributed by atoms with Gasteiger partial charge in [-0.1, -0.05) is 22.9 Å². The fourth-order valence-corrected chi connectivity index (χ4v) is 8.53. The molecule has 3 aliphatic rings. The Bertz CT molecular complexity index is 2200. The predicted molar refractivity (Wildman–Crippen MR) is 182 cm³/mol. The Hall–Kier alpha value is -4.72. The maximum absolute atomic E-state index is 16.8. The second kappa shape index (κ2) is 12.6. The highest BCUT2D eigenvalue weighted by molar-refractivity contribution is 7.22. The summed E-state index contributed by atoms with van der Waals surface area (Å²) in [4.78, 5) is 30.1. The molecule has 1 amide bonds. The van der Waals surface area contributed by atoms with Crippen LogP contribution in [0.25, 0.3) is 32.2 Å². The van der Waals surface area contributed by atoms with Gasteiger partial charge in [-0.25, -0.2) is 22.9 Å². The zero-order chi connectivity index (χ0) is 34.7. The third-order valence-corrected chi connectivity index (χ3v) is 11.1. The number of benzene rings is 2. The van der Waals surface area contributed by atoms with E-state index in [-0.39, 0.29) is 73.1 Å². The van der Waals surface area contributed by atoms with E-state index in [4.69, 9.17) is 27.3 Å². The largest absolute Gasteiger partial charge is 0.461 e. The highest BCUT2D eigenvalue weighted by Crippen LogP contribution is 2.43. The molecule has 3 fully saturated rings. The molecule has 17 heteroatoms. The van der Waals surface area contributed by atoms with Gasteiger partial charge < -0.3 is 20.7 Å². The van der Waals surface area contributed by atoms with Gasteiger partial charge in [-0.15, -0.1) is 0 Å². The summed E-state index contributed by atoms with van der Waals surface area (Å²) in [7, 11) is 0. The standard InChI is InChI=1S/C33H30ClF3N10O2S/c34-22-10-21-26(25(37)24(22)20-2-3-23(36)28-27(20)42-30(39)50-28)43-31(49-16-33-6-1-7-46(33)15-18(35)11-33)44-29(21)41-19-4-8-45(9-5-19)32(48)47-14-17(12-38)13-40-47/h2-3,10,13-14,18-19H,1,4-9,11,15-16H2,(H2,39,42)(H,41,43,44)/t18-,33+/m1/s1. The van der Waals surface area contributed by atoms with E-state index >= 15 is 4.39 Å². The Labute approximate surface area is 292 Å². The lowest BCUT2D eigenvalue weighted by Gasteiger charge is -2.32. The second-order valence-electron chi connectivity index (χ2n) is 13.0. The van der Waals surface area contributed by atoms with Crippen molar-refractivity contribution in [2.24, 2.45) is 0 Å². The zero-order valence-corrected chi connectivity index (χ0v) is 28.1. The first-order valence-electron chi connectivity index (χ1n) is 16.2. The number of alkyl halides is 1. The topological polar surface area (TPSA) is 151 Å². The number of fused-ring (bicyclic) bond motifs is 3. The van der Waals surface area contributed by atoms with Crippen LogP contribution in [0.3, 0.4) is 0 Å². The Morgan fingerprint density at radius 3 is 2.80 bits per heavy atom. The molecule has 2 aromatic carbocycles. The predicted octanol–water partition coefficient (Wildman–Crippen LogP) is 5.99. The maximum atomic E-state index is 16.8. The molecule has 0 unspecified atom stereocenters.